The summed E-state index contributed by atoms with van der Waals surface area (Å²) in [5.41, 5.74) is 2.61. The second-order valence-electron chi connectivity index (χ2n) is 4.36. The van der Waals surface area contributed by atoms with Gasteiger partial charge in [0.1, 0.15) is 6.33 Å². The zero-order valence-corrected chi connectivity index (χ0v) is 10.7. The number of nitrogens with zero attached hydrogens (tertiary/aromatic N) is 5. The summed E-state index contributed by atoms with van der Waals surface area (Å²) in [7, 11) is 1.79. The summed E-state index contributed by atoms with van der Waals surface area (Å²) in [4.78, 5) is 13.2. The van der Waals surface area contributed by atoms with Crippen molar-refractivity contribution in [1.82, 2.24) is 29.7 Å². The predicted molar refractivity (Wildman–Crippen MR) is 75.9 cm³/mol. The van der Waals surface area contributed by atoms with Gasteiger partial charge in [-0.25, -0.2) is 4.98 Å². The summed E-state index contributed by atoms with van der Waals surface area (Å²) in [6.07, 6.45) is 3.48. The van der Waals surface area contributed by atoms with Crippen molar-refractivity contribution in [3.05, 3.63) is 36.8 Å². The monoisotopic (exact) mass is 265 g/mol. The lowest BCUT2D eigenvalue weighted by atomic mass is 10.3. The Kier molecular flexibility index (Phi) is 2.19. The number of fused-ring (bicyclic) bond motifs is 2. The van der Waals surface area contributed by atoms with E-state index in [2.05, 4.69) is 30.5 Å². The van der Waals surface area contributed by atoms with Crippen molar-refractivity contribution in [2.24, 2.45) is 0 Å². The van der Waals surface area contributed by atoms with E-state index in [0.717, 1.165) is 22.2 Å². The molecule has 0 atom stereocenters. The first-order valence-electron chi connectivity index (χ1n) is 6.18. The molecule has 98 valence electrons. The van der Waals surface area contributed by atoms with Gasteiger partial charge in [0.2, 0.25) is 5.95 Å². The molecule has 1 aromatic carbocycles. The molecule has 20 heavy (non-hydrogen) atoms. The van der Waals surface area contributed by atoms with Crippen LogP contribution in [0.25, 0.3) is 27.9 Å². The second-order valence-corrected chi connectivity index (χ2v) is 4.36. The standard InChI is InChI=1S/C13H11N7/c1-14-13-17-11-8(6-16-19-11)12(18-13)20-7-15-9-4-2-3-5-10(9)20/h2-7H,1H3,(H2,14,16,17,18,19). The molecule has 0 saturated heterocycles. The van der Waals surface area contributed by atoms with E-state index in [4.69, 9.17) is 0 Å². The number of aromatic nitrogens is 6. The topological polar surface area (TPSA) is 84.3 Å². The highest BCUT2D eigenvalue weighted by Crippen LogP contribution is 2.23. The second kappa shape index (κ2) is 4.02. The lowest BCUT2D eigenvalue weighted by Crippen LogP contribution is -2.03. The molecule has 0 fully saturated rings. The van der Waals surface area contributed by atoms with Gasteiger partial charge in [0.05, 0.1) is 22.6 Å². The van der Waals surface area contributed by atoms with Gasteiger partial charge < -0.3 is 5.32 Å². The quantitative estimate of drug-likeness (QED) is 0.576. The van der Waals surface area contributed by atoms with Crippen molar-refractivity contribution in [2.45, 2.75) is 0 Å². The van der Waals surface area contributed by atoms with E-state index in [1.165, 1.54) is 0 Å². The summed E-state index contributed by atoms with van der Waals surface area (Å²) >= 11 is 0. The minimum Gasteiger partial charge on any atom is -0.357 e. The third kappa shape index (κ3) is 1.46. The molecule has 2 N–H and O–H groups in total. The molecule has 0 bridgehead atoms. The average molecular weight is 265 g/mol. The Balaban J connectivity index is 2.08. The van der Waals surface area contributed by atoms with Crippen molar-refractivity contribution in [3.63, 3.8) is 0 Å². The number of para-hydroxylation sites is 2. The van der Waals surface area contributed by atoms with Gasteiger partial charge in [0, 0.05) is 7.05 Å². The molecule has 0 aliphatic heterocycles. The van der Waals surface area contributed by atoms with Crippen molar-refractivity contribution >= 4 is 28.0 Å². The normalized spacial score (nSPS) is 11.2. The van der Waals surface area contributed by atoms with Gasteiger partial charge in [-0.2, -0.15) is 15.1 Å². The van der Waals surface area contributed by atoms with Crippen LogP contribution in [0.1, 0.15) is 0 Å². The number of rotatable bonds is 2. The van der Waals surface area contributed by atoms with Crippen LogP contribution in [0, 0.1) is 0 Å². The van der Waals surface area contributed by atoms with E-state index in [-0.39, 0.29) is 0 Å². The molecule has 3 heterocycles. The minimum atomic E-state index is 0.537. The Morgan fingerprint density at radius 1 is 1.20 bits per heavy atom. The SMILES string of the molecule is CNc1nc(-n2cnc3ccccc32)c2cn[nH]c2n1. The Labute approximate surface area is 113 Å². The van der Waals surface area contributed by atoms with Gasteiger partial charge >= 0.3 is 0 Å². The van der Waals surface area contributed by atoms with Crippen LogP contribution in [0.5, 0.6) is 0 Å². The van der Waals surface area contributed by atoms with Gasteiger partial charge in [-0.3, -0.25) is 9.67 Å². The molecule has 4 aromatic rings. The van der Waals surface area contributed by atoms with E-state index in [1.54, 1.807) is 19.6 Å². The van der Waals surface area contributed by atoms with Crippen LogP contribution in [0.15, 0.2) is 36.8 Å². The van der Waals surface area contributed by atoms with Crippen LogP contribution in [-0.4, -0.2) is 36.8 Å². The molecule has 3 aromatic heterocycles. The van der Waals surface area contributed by atoms with Crippen molar-refractivity contribution < 1.29 is 0 Å². The first-order valence-corrected chi connectivity index (χ1v) is 6.18. The molecule has 0 aliphatic carbocycles. The molecule has 0 spiro atoms. The fourth-order valence-corrected chi connectivity index (χ4v) is 2.24. The highest BCUT2D eigenvalue weighted by atomic mass is 15.2. The zero-order valence-electron chi connectivity index (χ0n) is 10.7. The van der Waals surface area contributed by atoms with Crippen LogP contribution in [0.2, 0.25) is 0 Å². The number of nitrogens with one attached hydrogen (secondary N) is 2. The van der Waals surface area contributed by atoms with Gasteiger partial charge in [0.25, 0.3) is 0 Å². The molecular formula is C13H11N7. The lowest BCUT2D eigenvalue weighted by Gasteiger charge is -2.06. The first kappa shape index (κ1) is 10.9. The Bertz CT molecular complexity index is 905. The number of H-pyrrole nitrogens is 1. The molecule has 4 rings (SSSR count). The van der Waals surface area contributed by atoms with E-state index in [0.29, 0.717) is 11.6 Å². The van der Waals surface area contributed by atoms with Gasteiger partial charge in [-0.15, -0.1) is 0 Å². The molecule has 0 aliphatic rings. The summed E-state index contributed by atoms with van der Waals surface area (Å²) in [5.74, 6) is 1.29. The Morgan fingerprint density at radius 3 is 3.00 bits per heavy atom. The number of imidazole rings is 1. The van der Waals surface area contributed by atoms with Crippen molar-refractivity contribution in [1.29, 1.82) is 0 Å². The number of aromatic amines is 1. The maximum Gasteiger partial charge on any atom is 0.226 e. The molecule has 7 heteroatoms. The third-order valence-corrected chi connectivity index (χ3v) is 3.19. The number of anilines is 1. The van der Waals surface area contributed by atoms with E-state index in [1.807, 2.05) is 28.8 Å². The highest BCUT2D eigenvalue weighted by Gasteiger charge is 2.13. The minimum absolute atomic E-state index is 0.537. The predicted octanol–water partition coefficient (Wildman–Crippen LogP) is 1.73. The van der Waals surface area contributed by atoms with Crippen LogP contribution >= 0.6 is 0 Å². The third-order valence-electron chi connectivity index (χ3n) is 3.19. The van der Waals surface area contributed by atoms with E-state index >= 15 is 0 Å². The van der Waals surface area contributed by atoms with Crippen molar-refractivity contribution in [3.8, 4) is 5.82 Å². The Morgan fingerprint density at radius 2 is 2.10 bits per heavy atom. The summed E-state index contributed by atoms with van der Waals surface area (Å²) in [6.45, 7) is 0. The lowest BCUT2D eigenvalue weighted by molar-refractivity contribution is 1.02. The van der Waals surface area contributed by atoms with Crippen molar-refractivity contribution in [2.75, 3.05) is 12.4 Å². The number of benzene rings is 1. The van der Waals surface area contributed by atoms with E-state index in [9.17, 15) is 0 Å². The summed E-state index contributed by atoms with van der Waals surface area (Å²) in [6, 6.07) is 7.92. The average Bonchev–Trinajstić information content (AvgIpc) is 3.12. The molecule has 0 amide bonds. The highest BCUT2D eigenvalue weighted by molar-refractivity contribution is 5.86. The summed E-state index contributed by atoms with van der Waals surface area (Å²) in [5, 5.41) is 10.7. The fraction of sp³-hybridized carbons (Fsp3) is 0.0769. The molecular weight excluding hydrogens is 254 g/mol. The molecule has 0 radical (unpaired) electrons. The van der Waals surface area contributed by atoms with Crippen LogP contribution < -0.4 is 5.32 Å². The number of hydrogen-bond acceptors (Lipinski definition) is 5. The summed E-state index contributed by atoms with van der Waals surface area (Å²) < 4.78 is 1.94. The maximum atomic E-state index is 4.52. The number of hydrogen-bond donors (Lipinski definition) is 2. The molecule has 0 saturated carbocycles. The fourth-order valence-electron chi connectivity index (χ4n) is 2.24. The zero-order chi connectivity index (χ0) is 13.5. The van der Waals surface area contributed by atoms with Gasteiger partial charge in [-0.1, -0.05) is 12.1 Å². The first-order chi connectivity index (χ1) is 9.86. The van der Waals surface area contributed by atoms with Crippen LogP contribution in [0.4, 0.5) is 5.95 Å². The smallest absolute Gasteiger partial charge is 0.226 e. The Hall–Kier alpha value is -2.96. The van der Waals surface area contributed by atoms with E-state index < -0.39 is 0 Å². The van der Waals surface area contributed by atoms with Crippen LogP contribution in [0.3, 0.4) is 0 Å². The van der Waals surface area contributed by atoms with Gasteiger partial charge in [0.15, 0.2) is 11.5 Å². The van der Waals surface area contributed by atoms with Gasteiger partial charge in [-0.05, 0) is 12.1 Å². The molecule has 0 unspecified atom stereocenters. The molecule has 7 nitrogen and oxygen atoms in total. The van der Waals surface area contributed by atoms with Crippen LogP contribution in [-0.2, 0) is 0 Å². The maximum absolute atomic E-state index is 4.52. The largest absolute Gasteiger partial charge is 0.357 e.